The fraction of sp³-hybridized carbons (Fsp3) is 0.424. The minimum absolute atomic E-state index is 0.0664. The molecule has 0 aliphatic carbocycles. The Bertz CT molecular complexity index is 1870. The molecule has 1 amide bonds. The highest BCUT2D eigenvalue weighted by Crippen LogP contribution is 2.35. The molecular weight excluding hydrogens is 662 g/mol. The molecule has 0 unspecified atom stereocenters. The Balaban J connectivity index is 0.000000425. The molecule has 7 N–H and O–H groups in total. The number of rotatable bonds is 9. The van der Waals surface area contributed by atoms with Gasteiger partial charge in [-0.2, -0.15) is 5.10 Å². The predicted octanol–water partition coefficient (Wildman–Crippen LogP) is 2.04. The molecule has 2 aromatic heterocycles. The van der Waals surface area contributed by atoms with E-state index in [1.54, 1.807) is 6.07 Å². The van der Waals surface area contributed by atoms with Gasteiger partial charge in [0.2, 0.25) is 5.91 Å². The van der Waals surface area contributed by atoms with Gasteiger partial charge in [-0.1, -0.05) is 6.92 Å². The van der Waals surface area contributed by atoms with Gasteiger partial charge >= 0.3 is 11.9 Å². The van der Waals surface area contributed by atoms with E-state index in [9.17, 15) is 23.9 Å². The van der Waals surface area contributed by atoms with Gasteiger partial charge in [0.05, 0.1) is 35.4 Å². The third-order valence-electron chi connectivity index (χ3n) is 8.89. The quantitative estimate of drug-likeness (QED) is 0.133. The topological polar surface area (TPSA) is 225 Å². The first kappa shape index (κ1) is 36.3. The number of nitrogens with zero attached hydrogens (tertiary/aromatic N) is 4. The lowest BCUT2D eigenvalue weighted by Gasteiger charge is -2.33. The van der Waals surface area contributed by atoms with Crippen LogP contribution in [0.3, 0.4) is 0 Å². The maximum atomic E-state index is 15.5. The highest BCUT2D eigenvalue weighted by Gasteiger charge is 2.30. The normalized spacial score (nSPS) is 16.1. The fourth-order valence-electron chi connectivity index (χ4n) is 6.06. The van der Waals surface area contributed by atoms with Crippen molar-refractivity contribution < 1.29 is 53.4 Å². The van der Waals surface area contributed by atoms with Gasteiger partial charge in [-0.15, -0.1) is 0 Å². The summed E-state index contributed by atoms with van der Waals surface area (Å²) in [5, 5.41) is 49.8. The first-order valence-corrected chi connectivity index (χ1v) is 15.9. The summed E-state index contributed by atoms with van der Waals surface area (Å²) in [7, 11) is 1.99. The number of halogens is 2. The fourth-order valence-corrected chi connectivity index (χ4v) is 6.06. The van der Waals surface area contributed by atoms with E-state index < -0.39 is 41.5 Å². The summed E-state index contributed by atoms with van der Waals surface area (Å²) in [5.74, 6) is -4.75. The number of aromatic nitrogens is 4. The molecule has 4 heterocycles. The second-order valence-corrected chi connectivity index (χ2v) is 12.2. The molecule has 1 saturated heterocycles. The summed E-state index contributed by atoms with van der Waals surface area (Å²) < 4.78 is 35.1. The maximum Gasteiger partial charge on any atom is 0.335 e. The van der Waals surface area contributed by atoms with Crippen LogP contribution in [-0.2, 0) is 38.5 Å². The number of carbonyl (C=O) groups excluding carboxylic acids is 1. The Morgan fingerprint density at radius 3 is 2.38 bits per heavy atom. The molecule has 2 atom stereocenters. The number of aryl methyl sites for hydroxylation is 1. The van der Waals surface area contributed by atoms with E-state index in [0.717, 1.165) is 37.4 Å². The van der Waals surface area contributed by atoms with Crippen molar-refractivity contribution in [1.29, 1.82) is 0 Å². The largest absolute Gasteiger partial charge is 0.505 e. The number of aromatic amines is 2. The van der Waals surface area contributed by atoms with Gasteiger partial charge in [-0.3, -0.25) is 14.8 Å². The number of aliphatic hydroxyl groups is 2. The van der Waals surface area contributed by atoms with Crippen LogP contribution in [0.15, 0.2) is 24.3 Å². The minimum atomic E-state index is -2.27. The number of imidazole rings is 1. The lowest BCUT2D eigenvalue weighted by atomic mass is 9.96. The van der Waals surface area contributed by atoms with E-state index in [0.29, 0.717) is 72.2 Å². The van der Waals surface area contributed by atoms with Crippen LogP contribution < -0.4 is 0 Å². The van der Waals surface area contributed by atoms with E-state index >= 15 is 4.39 Å². The number of fused-ring (bicyclic) bond motifs is 2. The van der Waals surface area contributed by atoms with Gasteiger partial charge in [0.1, 0.15) is 11.5 Å². The number of hydrogen-bond donors (Lipinski definition) is 7. The second-order valence-electron chi connectivity index (χ2n) is 12.2. The number of aromatic hydroxyl groups is 1. The molecule has 2 aliphatic heterocycles. The third-order valence-corrected chi connectivity index (χ3v) is 8.89. The van der Waals surface area contributed by atoms with Crippen LogP contribution in [0.2, 0.25) is 0 Å². The zero-order chi connectivity index (χ0) is 36.3. The Morgan fingerprint density at radius 1 is 1.06 bits per heavy atom. The average molecular weight is 701 g/mol. The Morgan fingerprint density at radius 2 is 1.74 bits per heavy atom. The van der Waals surface area contributed by atoms with E-state index in [4.69, 9.17) is 30.1 Å². The molecule has 17 heteroatoms. The monoisotopic (exact) mass is 700 g/mol. The van der Waals surface area contributed by atoms with Gasteiger partial charge in [-0.25, -0.2) is 23.4 Å². The molecule has 268 valence electrons. The standard InChI is InChI=1S/C29H32F2N6O3.C4H6O6/c1-3-16-12-25(38)20(30)13-19(16)17-10-21(31)27-23(11-17)34-35-28(27)29-32-22-4-7-37(14-24(22)33-29)26(39)15-36(2)18-5-8-40-9-6-18;5-1(3(7)8)2(6)4(9)10/h10-13,18,38H,3-9,14-15H2,1-2H3,(H,32,33)(H,34,35);1-2,5-6H,(H,7,8)(H,9,10)/t;1-,2-/m.1/s1. The molecule has 2 aromatic carbocycles. The molecular formula is C33H38F2N6O9. The van der Waals surface area contributed by atoms with Gasteiger partial charge in [0.25, 0.3) is 0 Å². The predicted molar refractivity (Wildman–Crippen MR) is 173 cm³/mol. The number of H-pyrrole nitrogens is 2. The number of amides is 1. The molecule has 0 saturated carbocycles. The lowest BCUT2D eigenvalue weighted by molar-refractivity contribution is -0.165. The van der Waals surface area contributed by atoms with Crippen molar-refractivity contribution in [1.82, 2.24) is 30.0 Å². The van der Waals surface area contributed by atoms with Crippen molar-refractivity contribution in [2.75, 3.05) is 33.4 Å². The summed E-state index contributed by atoms with van der Waals surface area (Å²) in [4.78, 5) is 44.5. The number of carbonyl (C=O) groups is 3. The van der Waals surface area contributed by atoms with Crippen LogP contribution in [-0.4, -0.2) is 125 Å². The summed E-state index contributed by atoms with van der Waals surface area (Å²) in [6.45, 7) is 4.67. The van der Waals surface area contributed by atoms with Crippen LogP contribution >= 0.6 is 0 Å². The number of ether oxygens (including phenoxy) is 1. The number of phenols is 1. The number of carboxylic acids is 2. The number of nitrogens with one attached hydrogen (secondary N) is 2. The van der Waals surface area contributed by atoms with Crippen molar-refractivity contribution in [2.45, 2.75) is 57.4 Å². The van der Waals surface area contributed by atoms with Crippen molar-refractivity contribution in [3.63, 3.8) is 0 Å². The highest BCUT2D eigenvalue weighted by molar-refractivity contribution is 5.95. The van der Waals surface area contributed by atoms with Crippen molar-refractivity contribution >= 4 is 28.7 Å². The van der Waals surface area contributed by atoms with Gasteiger partial charge in [0, 0.05) is 32.2 Å². The second kappa shape index (κ2) is 15.3. The van der Waals surface area contributed by atoms with E-state index in [1.807, 2.05) is 18.9 Å². The molecule has 15 nitrogen and oxygen atoms in total. The molecule has 50 heavy (non-hydrogen) atoms. The highest BCUT2D eigenvalue weighted by atomic mass is 19.1. The van der Waals surface area contributed by atoms with Gasteiger partial charge in [0.15, 0.2) is 29.6 Å². The first-order chi connectivity index (χ1) is 23.8. The third kappa shape index (κ3) is 7.75. The van der Waals surface area contributed by atoms with E-state index in [1.165, 1.54) is 18.2 Å². The molecule has 4 aromatic rings. The van der Waals surface area contributed by atoms with Crippen LogP contribution in [0, 0.1) is 11.6 Å². The Labute approximate surface area is 284 Å². The van der Waals surface area contributed by atoms with E-state index in [2.05, 4.69) is 20.1 Å². The van der Waals surface area contributed by atoms with Crippen LogP contribution in [0.1, 0.15) is 36.7 Å². The Kier molecular flexibility index (Phi) is 11.1. The van der Waals surface area contributed by atoms with Gasteiger partial charge in [-0.05, 0) is 67.3 Å². The molecule has 0 radical (unpaired) electrons. The summed E-state index contributed by atoms with van der Waals surface area (Å²) >= 11 is 0. The maximum absolute atomic E-state index is 15.5. The van der Waals surface area contributed by atoms with Crippen LogP contribution in [0.4, 0.5) is 8.78 Å². The number of aliphatic hydroxyl groups excluding tert-OH is 2. The summed E-state index contributed by atoms with van der Waals surface area (Å²) in [5.41, 5.74) is 4.15. The first-order valence-electron chi connectivity index (χ1n) is 15.9. The summed E-state index contributed by atoms with van der Waals surface area (Å²) in [6.07, 6.45) is -1.53. The number of likely N-dealkylation sites (N-methyl/N-ethyl adjacent to an activating group) is 1. The summed E-state index contributed by atoms with van der Waals surface area (Å²) in [6, 6.07) is 6.01. The van der Waals surface area contributed by atoms with E-state index in [-0.39, 0.29) is 11.3 Å². The number of hydrogen-bond acceptors (Lipinski definition) is 10. The van der Waals surface area contributed by atoms with Crippen LogP contribution in [0.25, 0.3) is 33.5 Å². The number of carboxylic acid groups (broad SMARTS) is 2. The minimum Gasteiger partial charge on any atom is -0.505 e. The molecule has 0 bridgehead atoms. The van der Waals surface area contributed by atoms with Crippen molar-refractivity contribution in [3.8, 4) is 28.4 Å². The average Bonchev–Trinajstić information content (AvgIpc) is 3.73. The van der Waals surface area contributed by atoms with Crippen molar-refractivity contribution in [3.05, 3.63) is 52.9 Å². The zero-order valence-electron chi connectivity index (χ0n) is 27.3. The lowest BCUT2D eigenvalue weighted by Crippen LogP contribution is -2.45. The SMILES string of the molecule is CCc1cc(O)c(F)cc1-c1cc(F)c2c(-c3nc4c([nH]3)CN(C(=O)CN(C)C3CCOCC3)CC4)n[nH]c2c1.O=C(O)[C@H](O)[C@@H](O)C(=O)O. The van der Waals surface area contributed by atoms with Gasteiger partial charge < -0.3 is 40.2 Å². The van der Waals surface area contributed by atoms with Crippen LogP contribution in [0.5, 0.6) is 5.75 Å². The zero-order valence-corrected chi connectivity index (χ0v) is 27.3. The number of aliphatic carboxylic acids is 2. The molecule has 2 aliphatic rings. The van der Waals surface area contributed by atoms with Crippen molar-refractivity contribution in [2.24, 2.45) is 0 Å². The number of phenolic OH excluding ortho intramolecular Hbond substituents is 1. The molecule has 6 rings (SSSR count). The Hall–Kier alpha value is -4.97. The molecule has 0 spiro atoms. The molecule has 1 fully saturated rings. The number of benzene rings is 2. The smallest absolute Gasteiger partial charge is 0.335 e.